The fourth-order valence-electron chi connectivity index (χ4n) is 2.58. The van der Waals surface area contributed by atoms with Gasteiger partial charge in [-0.1, -0.05) is 0 Å². The van der Waals surface area contributed by atoms with Crippen molar-refractivity contribution in [3.63, 3.8) is 0 Å². The van der Waals surface area contributed by atoms with Crippen LogP contribution >= 0.6 is 11.3 Å². The third-order valence-electron chi connectivity index (χ3n) is 3.53. The molecule has 16 heavy (non-hydrogen) atoms. The minimum atomic E-state index is 0.188. The molecule has 0 bridgehead atoms. The zero-order chi connectivity index (χ0) is 11.0. The van der Waals surface area contributed by atoms with Crippen molar-refractivity contribution >= 4 is 11.3 Å². The Labute approximate surface area is 100 Å². The summed E-state index contributed by atoms with van der Waals surface area (Å²) in [5.74, 6) is 0.684. The molecule has 2 aliphatic rings. The Hall–Kier alpha value is -0.450. The van der Waals surface area contributed by atoms with Crippen molar-refractivity contribution < 1.29 is 4.74 Å². The summed E-state index contributed by atoms with van der Waals surface area (Å²) < 4.78 is 5.40. The van der Waals surface area contributed by atoms with E-state index in [0.29, 0.717) is 5.92 Å². The fourth-order valence-corrected chi connectivity index (χ4v) is 3.88. The highest BCUT2D eigenvalue weighted by Gasteiger charge is 2.24. The van der Waals surface area contributed by atoms with Crippen LogP contribution in [0, 0.1) is 5.92 Å². The van der Waals surface area contributed by atoms with Crippen LogP contribution in [0.15, 0.2) is 0 Å². The van der Waals surface area contributed by atoms with Gasteiger partial charge in [-0.15, -0.1) is 11.3 Å². The molecule has 2 heterocycles. The van der Waals surface area contributed by atoms with Gasteiger partial charge >= 0.3 is 0 Å². The number of ether oxygens (including phenoxy) is 1. The number of aromatic nitrogens is 1. The molecule has 1 fully saturated rings. The average molecular weight is 238 g/mol. The third kappa shape index (κ3) is 2.01. The van der Waals surface area contributed by atoms with Crippen LogP contribution in [-0.2, 0) is 17.6 Å². The molecule has 3 nitrogen and oxygen atoms in total. The molecule has 3 rings (SSSR count). The molecule has 0 saturated carbocycles. The molecule has 0 amide bonds. The van der Waals surface area contributed by atoms with Crippen molar-refractivity contribution in [1.29, 1.82) is 0 Å². The normalized spacial score (nSPS) is 29.3. The first-order valence-electron chi connectivity index (χ1n) is 6.14. The van der Waals surface area contributed by atoms with Crippen LogP contribution < -0.4 is 5.73 Å². The molecule has 0 aromatic carbocycles. The second kappa shape index (κ2) is 4.43. The van der Waals surface area contributed by atoms with Crippen molar-refractivity contribution in [2.45, 2.75) is 38.1 Å². The van der Waals surface area contributed by atoms with E-state index in [-0.39, 0.29) is 6.04 Å². The second-order valence-electron chi connectivity index (χ2n) is 4.85. The minimum Gasteiger partial charge on any atom is -0.381 e. The second-order valence-corrected chi connectivity index (χ2v) is 6.02. The number of fused-ring (bicyclic) bond motifs is 1. The van der Waals surface area contributed by atoms with Gasteiger partial charge in [0.15, 0.2) is 0 Å². The lowest BCUT2D eigenvalue weighted by molar-refractivity contribution is 0.186. The van der Waals surface area contributed by atoms with Crippen LogP contribution in [0.1, 0.15) is 40.9 Å². The Morgan fingerprint density at radius 2 is 2.38 bits per heavy atom. The van der Waals surface area contributed by atoms with Crippen molar-refractivity contribution in [2.24, 2.45) is 11.7 Å². The van der Waals surface area contributed by atoms with Crippen molar-refractivity contribution in [3.8, 4) is 0 Å². The van der Waals surface area contributed by atoms with Crippen molar-refractivity contribution in [2.75, 3.05) is 13.2 Å². The van der Waals surface area contributed by atoms with E-state index in [2.05, 4.69) is 0 Å². The third-order valence-corrected chi connectivity index (χ3v) is 4.68. The number of hydrogen-bond acceptors (Lipinski definition) is 4. The first kappa shape index (κ1) is 10.7. The van der Waals surface area contributed by atoms with Crippen LogP contribution in [0.25, 0.3) is 0 Å². The number of thiazole rings is 1. The minimum absolute atomic E-state index is 0.188. The van der Waals surface area contributed by atoms with Gasteiger partial charge in [0.25, 0.3) is 0 Å². The zero-order valence-electron chi connectivity index (χ0n) is 9.45. The lowest BCUT2D eigenvalue weighted by Gasteiger charge is -2.15. The molecule has 1 aromatic rings. The molecule has 0 spiro atoms. The molecule has 88 valence electrons. The standard InChI is InChI=1S/C12H18N2OS/c13-9-2-1-3-10-12(9)14-11(16-10)6-8-4-5-15-7-8/h8-9H,1-7,13H2. The molecule has 1 aromatic heterocycles. The van der Waals surface area contributed by atoms with E-state index in [1.807, 2.05) is 11.3 Å². The fraction of sp³-hybridized carbons (Fsp3) is 0.750. The summed E-state index contributed by atoms with van der Waals surface area (Å²) in [5.41, 5.74) is 7.27. The SMILES string of the molecule is NC1CCCc2sc(CC3CCOC3)nc21. The van der Waals surface area contributed by atoms with Gasteiger partial charge in [-0.05, 0) is 31.6 Å². The maximum atomic E-state index is 6.09. The van der Waals surface area contributed by atoms with Crippen molar-refractivity contribution in [3.05, 3.63) is 15.6 Å². The Bertz CT molecular complexity index is 371. The van der Waals surface area contributed by atoms with Gasteiger partial charge in [0.1, 0.15) is 0 Å². The molecule has 2 N–H and O–H groups in total. The van der Waals surface area contributed by atoms with Crippen LogP contribution in [0.5, 0.6) is 0 Å². The van der Waals surface area contributed by atoms with Gasteiger partial charge in [-0.25, -0.2) is 4.98 Å². The van der Waals surface area contributed by atoms with Crippen LogP contribution in [0.3, 0.4) is 0 Å². The van der Waals surface area contributed by atoms with Gasteiger partial charge in [0, 0.05) is 30.6 Å². The maximum Gasteiger partial charge on any atom is 0.0935 e. The largest absolute Gasteiger partial charge is 0.381 e. The van der Waals surface area contributed by atoms with Gasteiger partial charge < -0.3 is 10.5 Å². The topological polar surface area (TPSA) is 48.1 Å². The highest BCUT2D eigenvalue weighted by Crippen LogP contribution is 2.33. The summed E-state index contributed by atoms with van der Waals surface area (Å²) in [4.78, 5) is 6.17. The van der Waals surface area contributed by atoms with Crippen LogP contribution in [0.4, 0.5) is 0 Å². The smallest absolute Gasteiger partial charge is 0.0935 e. The molecule has 2 atom stereocenters. The van der Waals surface area contributed by atoms with E-state index < -0.39 is 0 Å². The summed E-state index contributed by atoms with van der Waals surface area (Å²) >= 11 is 1.88. The van der Waals surface area contributed by atoms with Gasteiger partial charge in [0.2, 0.25) is 0 Å². The number of hydrogen-bond donors (Lipinski definition) is 1. The van der Waals surface area contributed by atoms with E-state index in [1.54, 1.807) is 0 Å². The van der Waals surface area contributed by atoms with Crippen LogP contribution in [-0.4, -0.2) is 18.2 Å². The number of nitrogens with zero attached hydrogens (tertiary/aromatic N) is 1. The Morgan fingerprint density at radius 1 is 1.44 bits per heavy atom. The van der Waals surface area contributed by atoms with Gasteiger partial charge in [-0.2, -0.15) is 0 Å². The summed E-state index contributed by atoms with van der Waals surface area (Å²) in [6.07, 6.45) is 5.79. The Kier molecular flexibility index (Phi) is 2.96. The zero-order valence-corrected chi connectivity index (χ0v) is 10.3. The summed E-state index contributed by atoms with van der Waals surface area (Å²) in [6, 6.07) is 0.188. The highest BCUT2D eigenvalue weighted by molar-refractivity contribution is 7.11. The monoisotopic (exact) mass is 238 g/mol. The summed E-state index contributed by atoms with van der Waals surface area (Å²) in [5, 5.41) is 1.28. The van der Waals surface area contributed by atoms with E-state index in [4.69, 9.17) is 15.5 Å². The van der Waals surface area contributed by atoms with E-state index >= 15 is 0 Å². The predicted octanol–water partition coefficient (Wildman–Crippen LogP) is 2.06. The van der Waals surface area contributed by atoms with E-state index in [1.165, 1.54) is 34.8 Å². The summed E-state index contributed by atoms with van der Waals surface area (Å²) in [6.45, 7) is 1.84. The van der Waals surface area contributed by atoms with Crippen molar-refractivity contribution in [1.82, 2.24) is 4.98 Å². The molecule has 1 aliphatic carbocycles. The highest BCUT2D eigenvalue weighted by atomic mass is 32.1. The molecular weight excluding hydrogens is 220 g/mol. The van der Waals surface area contributed by atoms with Gasteiger partial charge in [-0.3, -0.25) is 0 Å². The Balaban J connectivity index is 1.75. The lowest BCUT2D eigenvalue weighted by Crippen LogP contribution is -2.16. The summed E-state index contributed by atoms with van der Waals surface area (Å²) in [7, 11) is 0. The first-order valence-corrected chi connectivity index (χ1v) is 6.96. The van der Waals surface area contributed by atoms with Crippen LogP contribution in [0.2, 0.25) is 0 Å². The number of aryl methyl sites for hydroxylation is 1. The first-order chi connectivity index (χ1) is 7.83. The Morgan fingerprint density at radius 3 is 3.12 bits per heavy atom. The molecule has 2 unspecified atom stereocenters. The quantitative estimate of drug-likeness (QED) is 0.858. The number of nitrogens with two attached hydrogens (primary N) is 1. The van der Waals surface area contributed by atoms with E-state index in [0.717, 1.165) is 26.1 Å². The lowest BCUT2D eigenvalue weighted by atomic mass is 9.98. The number of rotatable bonds is 2. The molecule has 1 aliphatic heterocycles. The van der Waals surface area contributed by atoms with E-state index in [9.17, 15) is 0 Å². The molecule has 4 heteroatoms. The maximum absolute atomic E-state index is 6.09. The molecule has 1 saturated heterocycles. The average Bonchev–Trinajstić information content (AvgIpc) is 2.88. The predicted molar refractivity (Wildman–Crippen MR) is 64.6 cm³/mol. The molecular formula is C12H18N2OS. The van der Waals surface area contributed by atoms with Gasteiger partial charge in [0.05, 0.1) is 10.7 Å². The molecule has 0 radical (unpaired) electrons.